The maximum atomic E-state index is 12.7. The molecule has 3 nitrogen and oxygen atoms in total. The smallest absolute Gasteiger partial charge is 0.227 e. The first-order valence-corrected chi connectivity index (χ1v) is 6.31. The lowest BCUT2D eigenvalue weighted by Gasteiger charge is -2.47. The number of carbonyl (C=O) groups excluding carboxylic acids is 1. The average molecular weight is 249 g/mol. The largest absolute Gasteiger partial charge is 0.386 e. The van der Waals surface area contributed by atoms with Crippen LogP contribution in [0.1, 0.15) is 18.4 Å². The molecule has 1 aliphatic carbocycles. The number of hydrogen-bond acceptors (Lipinski definition) is 2. The second-order valence-corrected chi connectivity index (χ2v) is 5.43. The van der Waals surface area contributed by atoms with Gasteiger partial charge < -0.3 is 10.0 Å². The Kier molecular flexibility index (Phi) is 2.63. The molecule has 1 aromatic carbocycles. The highest BCUT2D eigenvalue weighted by Gasteiger charge is 2.53. The zero-order chi connectivity index (χ0) is 12.8. The molecule has 0 atom stereocenters. The van der Waals surface area contributed by atoms with E-state index in [1.54, 1.807) is 17.0 Å². The van der Waals surface area contributed by atoms with Crippen LogP contribution in [0.15, 0.2) is 24.3 Å². The molecular weight excluding hydrogens is 233 g/mol. The van der Waals surface area contributed by atoms with Crippen LogP contribution in [0, 0.1) is 11.7 Å². The van der Waals surface area contributed by atoms with Crippen LogP contribution < -0.4 is 0 Å². The molecule has 1 saturated carbocycles. The van der Waals surface area contributed by atoms with E-state index in [2.05, 4.69) is 0 Å². The normalized spacial score (nSPS) is 21.6. The summed E-state index contributed by atoms with van der Waals surface area (Å²) in [5, 5.41) is 10.1. The first-order valence-electron chi connectivity index (χ1n) is 6.31. The van der Waals surface area contributed by atoms with Crippen molar-refractivity contribution in [3.05, 3.63) is 35.6 Å². The van der Waals surface area contributed by atoms with Gasteiger partial charge in [-0.3, -0.25) is 4.79 Å². The molecule has 18 heavy (non-hydrogen) atoms. The van der Waals surface area contributed by atoms with Gasteiger partial charge in [-0.2, -0.15) is 0 Å². The van der Waals surface area contributed by atoms with E-state index in [9.17, 15) is 14.3 Å². The molecule has 1 aromatic rings. The Bertz CT molecular complexity index is 461. The molecule has 0 spiro atoms. The van der Waals surface area contributed by atoms with Crippen LogP contribution in [0.25, 0.3) is 0 Å². The van der Waals surface area contributed by atoms with Crippen molar-refractivity contribution >= 4 is 5.91 Å². The van der Waals surface area contributed by atoms with Crippen molar-refractivity contribution in [2.45, 2.75) is 24.9 Å². The molecule has 1 amide bonds. The highest BCUT2D eigenvalue weighted by atomic mass is 19.1. The molecule has 2 fully saturated rings. The summed E-state index contributed by atoms with van der Waals surface area (Å²) in [6.45, 7) is 0.912. The summed E-state index contributed by atoms with van der Waals surface area (Å²) >= 11 is 0. The minimum absolute atomic E-state index is 0.00642. The number of halogens is 1. The predicted octanol–water partition coefficient (Wildman–Crippen LogP) is 1.35. The molecular formula is C14H16FNO2. The average Bonchev–Trinajstić information content (AvgIpc) is 3.12. The number of rotatable bonds is 3. The van der Waals surface area contributed by atoms with Crippen molar-refractivity contribution in [2.75, 3.05) is 13.1 Å². The molecule has 1 saturated heterocycles. The summed E-state index contributed by atoms with van der Waals surface area (Å²) in [7, 11) is 0. The van der Waals surface area contributed by atoms with E-state index in [-0.39, 0.29) is 18.1 Å². The summed E-state index contributed by atoms with van der Waals surface area (Å²) in [6.07, 6.45) is 2.44. The second-order valence-electron chi connectivity index (χ2n) is 5.43. The van der Waals surface area contributed by atoms with Gasteiger partial charge >= 0.3 is 0 Å². The number of benzene rings is 1. The van der Waals surface area contributed by atoms with Gasteiger partial charge in [0, 0.05) is 0 Å². The number of carbonyl (C=O) groups is 1. The van der Waals surface area contributed by atoms with E-state index in [4.69, 9.17) is 0 Å². The van der Waals surface area contributed by atoms with E-state index in [0.717, 1.165) is 18.4 Å². The van der Waals surface area contributed by atoms with Crippen LogP contribution in [-0.4, -0.2) is 34.6 Å². The lowest BCUT2D eigenvalue weighted by atomic mass is 9.88. The van der Waals surface area contributed by atoms with Crippen LogP contribution in [0.4, 0.5) is 4.39 Å². The van der Waals surface area contributed by atoms with Crippen molar-refractivity contribution in [1.82, 2.24) is 4.90 Å². The van der Waals surface area contributed by atoms with Gasteiger partial charge in [-0.25, -0.2) is 4.39 Å². The van der Waals surface area contributed by atoms with Crippen LogP contribution >= 0.6 is 0 Å². The summed E-state index contributed by atoms with van der Waals surface area (Å²) in [6, 6.07) is 5.97. The number of β-amino-alcohol motifs (C(OH)–C–C–N with tert-alkyl or cyclic N) is 1. The molecule has 0 unspecified atom stereocenters. The fraction of sp³-hybridized carbons (Fsp3) is 0.500. The molecule has 1 aliphatic heterocycles. The van der Waals surface area contributed by atoms with Crippen molar-refractivity contribution in [3.8, 4) is 0 Å². The van der Waals surface area contributed by atoms with Crippen molar-refractivity contribution in [1.29, 1.82) is 0 Å². The maximum absolute atomic E-state index is 12.7. The number of aliphatic hydroxyl groups is 1. The van der Waals surface area contributed by atoms with Gasteiger partial charge in [-0.15, -0.1) is 0 Å². The molecule has 1 heterocycles. The number of hydrogen-bond donors (Lipinski definition) is 1. The van der Waals surface area contributed by atoms with Gasteiger partial charge in [0.2, 0.25) is 5.91 Å². The van der Waals surface area contributed by atoms with Crippen LogP contribution in [0.3, 0.4) is 0 Å². The first-order chi connectivity index (χ1) is 8.57. The van der Waals surface area contributed by atoms with Gasteiger partial charge in [0.05, 0.1) is 19.5 Å². The Balaban J connectivity index is 1.55. The van der Waals surface area contributed by atoms with Gasteiger partial charge in [-0.1, -0.05) is 12.1 Å². The number of likely N-dealkylation sites (tertiary alicyclic amines) is 1. The van der Waals surface area contributed by atoms with E-state index in [1.165, 1.54) is 12.1 Å². The molecule has 96 valence electrons. The third-order valence-corrected chi connectivity index (χ3v) is 3.89. The van der Waals surface area contributed by atoms with E-state index in [0.29, 0.717) is 19.0 Å². The van der Waals surface area contributed by atoms with Crippen molar-refractivity contribution in [3.63, 3.8) is 0 Å². The first kappa shape index (κ1) is 11.7. The lowest BCUT2D eigenvalue weighted by Crippen LogP contribution is -2.65. The fourth-order valence-electron chi connectivity index (χ4n) is 2.56. The predicted molar refractivity (Wildman–Crippen MR) is 64.4 cm³/mol. The zero-order valence-electron chi connectivity index (χ0n) is 10.1. The standard InChI is InChI=1S/C14H16FNO2/c15-12-5-1-10(2-6-12)7-13(17)16-8-14(18,9-16)11-3-4-11/h1-2,5-6,11,18H,3-4,7-9H2. The van der Waals surface area contributed by atoms with Crippen LogP contribution in [-0.2, 0) is 11.2 Å². The van der Waals surface area contributed by atoms with E-state index >= 15 is 0 Å². The molecule has 0 radical (unpaired) electrons. The zero-order valence-corrected chi connectivity index (χ0v) is 10.1. The minimum Gasteiger partial charge on any atom is -0.386 e. The Hall–Kier alpha value is -1.42. The van der Waals surface area contributed by atoms with Gasteiger partial charge in [0.1, 0.15) is 11.4 Å². The monoisotopic (exact) mass is 249 g/mol. The fourth-order valence-corrected chi connectivity index (χ4v) is 2.56. The Morgan fingerprint density at radius 3 is 2.50 bits per heavy atom. The maximum Gasteiger partial charge on any atom is 0.227 e. The third-order valence-electron chi connectivity index (χ3n) is 3.89. The Morgan fingerprint density at radius 2 is 1.94 bits per heavy atom. The molecule has 0 aromatic heterocycles. The van der Waals surface area contributed by atoms with Gasteiger partial charge in [0.15, 0.2) is 0 Å². The Labute approximate surface area is 105 Å². The summed E-state index contributed by atoms with van der Waals surface area (Å²) < 4.78 is 12.7. The van der Waals surface area contributed by atoms with Gasteiger partial charge in [0.25, 0.3) is 0 Å². The number of nitrogens with zero attached hydrogens (tertiary/aromatic N) is 1. The molecule has 3 rings (SSSR count). The Morgan fingerprint density at radius 1 is 1.33 bits per heavy atom. The van der Waals surface area contributed by atoms with Crippen molar-refractivity contribution in [2.24, 2.45) is 5.92 Å². The van der Waals surface area contributed by atoms with E-state index in [1.807, 2.05) is 0 Å². The molecule has 1 N–H and O–H groups in total. The summed E-state index contributed by atoms with van der Waals surface area (Å²) in [4.78, 5) is 13.6. The summed E-state index contributed by atoms with van der Waals surface area (Å²) in [5.74, 6) is 0.109. The molecule has 4 heteroatoms. The van der Waals surface area contributed by atoms with Crippen LogP contribution in [0.2, 0.25) is 0 Å². The van der Waals surface area contributed by atoms with Crippen LogP contribution in [0.5, 0.6) is 0 Å². The molecule has 0 bridgehead atoms. The highest BCUT2D eigenvalue weighted by Crippen LogP contribution is 2.44. The third kappa shape index (κ3) is 2.12. The van der Waals surface area contributed by atoms with Crippen molar-refractivity contribution < 1.29 is 14.3 Å². The lowest BCUT2D eigenvalue weighted by molar-refractivity contribution is -0.158. The minimum atomic E-state index is -0.627. The second kappa shape index (κ2) is 4.05. The topological polar surface area (TPSA) is 40.5 Å². The SMILES string of the molecule is O=C(Cc1ccc(F)cc1)N1CC(O)(C2CC2)C1. The van der Waals surface area contributed by atoms with Gasteiger partial charge in [-0.05, 0) is 36.5 Å². The quantitative estimate of drug-likeness (QED) is 0.878. The summed E-state index contributed by atoms with van der Waals surface area (Å²) in [5.41, 5.74) is 0.182. The number of amides is 1. The highest BCUT2D eigenvalue weighted by molar-refractivity contribution is 5.80. The van der Waals surface area contributed by atoms with E-state index < -0.39 is 5.60 Å². The molecule has 2 aliphatic rings.